The number of amides is 2. The third-order valence-electron chi connectivity index (χ3n) is 4.12. The van der Waals surface area contributed by atoms with Gasteiger partial charge in [0.1, 0.15) is 5.75 Å². The van der Waals surface area contributed by atoms with Crippen LogP contribution in [0.2, 0.25) is 0 Å². The second-order valence-electron chi connectivity index (χ2n) is 5.93. The van der Waals surface area contributed by atoms with E-state index in [1.165, 1.54) is 10.6 Å². The molecule has 1 aromatic rings. The molecule has 1 saturated heterocycles. The Balaban J connectivity index is 1.66. The maximum absolute atomic E-state index is 11.9. The number of sulfonamides is 1. The van der Waals surface area contributed by atoms with Gasteiger partial charge in [-0.3, -0.25) is 0 Å². The Kier molecular flexibility index (Phi) is 6.44. The summed E-state index contributed by atoms with van der Waals surface area (Å²) in [6.45, 7) is 1.45. The normalized spacial score (nSPS) is 16.6. The first-order valence-electron chi connectivity index (χ1n) is 8.01. The molecule has 7 nitrogen and oxygen atoms in total. The van der Waals surface area contributed by atoms with Crippen molar-refractivity contribution in [3.8, 4) is 5.75 Å². The fourth-order valence-electron chi connectivity index (χ4n) is 2.68. The van der Waals surface area contributed by atoms with Crippen molar-refractivity contribution in [2.75, 3.05) is 33.0 Å². The zero-order chi connectivity index (χ0) is 17.6. The van der Waals surface area contributed by atoms with E-state index < -0.39 is 10.0 Å². The minimum atomic E-state index is -3.13. The summed E-state index contributed by atoms with van der Waals surface area (Å²) in [5.74, 6) is 0.810. The van der Waals surface area contributed by atoms with E-state index in [1.807, 2.05) is 24.3 Å². The first-order chi connectivity index (χ1) is 11.4. The standard InChI is InChI=1S/C16H25N3O4S/c1-23-15-5-3-13(4-6-15)7-10-17-16(20)18-14-8-11-19(12-9-14)24(2,21)22/h3-6,14H,7-12H2,1-2H3,(H2,17,18,20). The summed E-state index contributed by atoms with van der Waals surface area (Å²) < 4.78 is 29.5. The van der Waals surface area contributed by atoms with Gasteiger partial charge < -0.3 is 15.4 Å². The topological polar surface area (TPSA) is 87.7 Å². The van der Waals surface area contributed by atoms with E-state index in [9.17, 15) is 13.2 Å². The van der Waals surface area contributed by atoms with Gasteiger partial charge in [-0.15, -0.1) is 0 Å². The minimum absolute atomic E-state index is 0.0176. The molecule has 0 unspecified atom stereocenters. The van der Waals surface area contributed by atoms with Crippen molar-refractivity contribution >= 4 is 16.1 Å². The van der Waals surface area contributed by atoms with Crippen molar-refractivity contribution in [3.05, 3.63) is 29.8 Å². The Morgan fingerprint density at radius 3 is 2.42 bits per heavy atom. The Hall–Kier alpha value is -1.80. The molecule has 24 heavy (non-hydrogen) atoms. The molecule has 2 N–H and O–H groups in total. The number of urea groups is 1. The summed E-state index contributed by atoms with van der Waals surface area (Å²) in [5, 5.41) is 5.74. The predicted octanol–water partition coefficient (Wildman–Crippen LogP) is 0.961. The highest BCUT2D eigenvalue weighted by atomic mass is 32.2. The molecule has 2 amide bonds. The molecule has 1 aliphatic heterocycles. The van der Waals surface area contributed by atoms with Crippen LogP contribution < -0.4 is 15.4 Å². The van der Waals surface area contributed by atoms with Gasteiger partial charge in [0, 0.05) is 25.7 Å². The fourth-order valence-corrected chi connectivity index (χ4v) is 3.55. The van der Waals surface area contributed by atoms with Crippen LogP contribution in [0.4, 0.5) is 4.79 Å². The lowest BCUT2D eigenvalue weighted by Gasteiger charge is -2.30. The molecule has 1 fully saturated rings. The van der Waals surface area contributed by atoms with Crippen molar-refractivity contribution in [2.24, 2.45) is 0 Å². The van der Waals surface area contributed by atoms with Gasteiger partial charge in [0.15, 0.2) is 0 Å². The number of hydrogen-bond donors (Lipinski definition) is 2. The molecule has 1 heterocycles. The number of methoxy groups -OCH3 is 1. The lowest BCUT2D eigenvalue weighted by Crippen LogP contribution is -2.49. The summed E-state index contributed by atoms with van der Waals surface area (Å²) >= 11 is 0. The molecule has 0 aromatic heterocycles. The molecule has 0 bridgehead atoms. The fraction of sp³-hybridized carbons (Fsp3) is 0.562. The van der Waals surface area contributed by atoms with Gasteiger partial charge in [0.05, 0.1) is 13.4 Å². The number of benzene rings is 1. The number of rotatable bonds is 6. The van der Waals surface area contributed by atoms with E-state index in [0.29, 0.717) is 32.5 Å². The molecule has 0 radical (unpaired) electrons. The molecule has 0 atom stereocenters. The molecule has 134 valence electrons. The van der Waals surface area contributed by atoms with E-state index in [4.69, 9.17) is 4.74 Å². The van der Waals surface area contributed by atoms with Crippen LogP contribution in [0.5, 0.6) is 5.75 Å². The second kappa shape index (κ2) is 8.34. The van der Waals surface area contributed by atoms with Gasteiger partial charge in [0.2, 0.25) is 10.0 Å². The molecule has 2 rings (SSSR count). The Labute approximate surface area is 143 Å². The van der Waals surface area contributed by atoms with Crippen LogP contribution in [0, 0.1) is 0 Å². The largest absolute Gasteiger partial charge is 0.497 e. The Morgan fingerprint density at radius 1 is 1.25 bits per heavy atom. The van der Waals surface area contributed by atoms with Crippen molar-refractivity contribution in [1.29, 1.82) is 0 Å². The quantitative estimate of drug-likeness (QED) is 0.796. The predicted molar refractivity (Wildman–Crippen MR) is 92.7 cm³/mol. The number of hydrogen-bond acceptors (Lipinski definition) is 4. The van der Waals surface area contributed by atoms with Crippen LogP contribution in [-0.2, 0) is 16.4 Å². The first-order valence-corrected chi connectivity index (χ1v) is 9.86. The zero-order valence-electron chi connectivity index (χ0n) is 14.1. The van der Waals surface area contributed by atoms with Crippen LogP contribution in [0.25, 0.3) is 0 Å². The molecule has 0 spiro atoms. The van der Waals surface area contributed by atoms with Crippen LogP contribution in [0.15, 0.2) is 24.3 Å². The van der Waals surface area contributed by atoms with Crippen molar-refractivity contribution in [3.63, 3.8) is 0 Å². The molecule has 0 saturated carbocycles. The maximum Gasteiger partial charge on any atom is 0.315 e. The van der Waals surface area contributed by atoms with Gasteiger partial charge in [0.25, 0.3) is 0 Å². The lowest BCUT2D eigenvalue weighted by molar-refractivity contribution is 0.228. The summed E-state index contributed by atoms with van der Waals surface area (Å²) in [6, 6.07) is 7.54. The van der Waals surface area contributed by atoms with Gasteiger partial charge in [-0.05, 0) is 37.0 Å². The number of piperidine rings is 1. The van der Waals surface area contributed by atoms with E-state index in [0.717, 1.165) is 17.7 Å². The highest BCUT2D eigenvalue weighted by molar-refractivity contribution is 7.88. The Bertz CT molecular complexity index is 638. The zero-order valence-corrected chi connectivity index (χ0v) is 14.9. The third-order valence-corrected chi connectivity index (χ3v) is 5.42. The second-order valence-corrected chi connectivity index (χ2v) is 7.92. The number of nitrogens with one attached hydrogen (secondary N) is 2. The summed E-state index contributed by atoms with van der Waals surface area (Å²) in [5.41, 5.74) is 1.12. The minimum Gasteiger partial charge on any atom is -0.497 e. The Morgan fingerprint density at radius 2 is 1.88 bits per heavy atom. The molecule has 0 aliphatic carbocycles. The van der Waals surface area contributed by atoms with E-state index in [2.05, 4.69) is 10.6 Å². The number of ether oxygens (including phenoxy) is 1. The van der Waals surface area contributed by atoms with Crippen molar-refractivity contribution in [2.45, 2.75) is 25.3 Å². The van der Waals surface area contributed by atoms with Gasteiger partial charge in [-0.2, -0.15) is 0 Å². The highest BCUT2D eigenvalue weighted by Gasteiger charge is 2.25. The number of carbonyl (C=O) groups excluding carboxylic acids is 1. The van der Waals surface area contributed by atoms with E-state index >= 15 is 0 Å². The number of carbonyl (C=O) groups is 1. The van der Waals surface area contributed by atoms with Crippen LogP contribution in [-0.4, -0.2) is 57.8 Å². The van der Waals surface area contributed by atoms with Crippen LogP contribution in [0.1, 0.15) is 18.4 Å². The third kappa shape index (κ3) is 5.68. The molecule has 8 heteroatoms. The van der Waals surface area contributed by atoms with E-state index in [-0.39, 0.29) is 12.1 Å². The average Bonchev–Trinajstić information content (AvgIpc) is 2.55. The molecular weight excluding hydrogens is 330 g/mol. The van der Waals surface area contributed by atoms with Crippen LogP contribution >= 0.6 is 0 Å². The molecule has 1 aromatic carbocycles. The van der Waals surface area contributed by atoms with Crippen LogP contribution in [0.3, 0.4) is 0 Å². The molecular formula is C16H25N3O4S. The summed E-state index contributed by atoms with van der Waals surface area (Å²) in [7, 11) is -1.51. The molecule has 1 aliphatic rings. The lowest BCUT2D eigenvalue weighted by atomic mass is 10.1. The average molecular weight is 355 g/mol. The SMILES string of the molecule is COc1ccc(CCNC(=O)NC2CCN(S(C)(=O)=O)CC2)cc1. The summed E-state index contributed by atoms with van der Waals surface area (Å²) in [4.78, 5) is 11.9. The van der Waals surface area contributed by atoms with Gasteiger partial charge >= 0.3 is 6.03 Å². The van der Waals surface area contributed by atoms with Crippen molar-refractivity contribution in [1.82, 2.24) is 14.9 Å². The van der Waals surface area contributed by atoms with Gasteiger partial charge in [-0.25, -0.2) is 17.5 Å². The monoisotopic (exact) mass is 355 g/mol. The van der Waals surface area contributed by atoms with E-state index in [1.54, 1.807) is 7.11 Å². The first kappa shape index (κ1) is 18.5. The number of nitrogens with zero attached hydrogens (tertiary/aromatic N) is 1. The highest BCUT2D eigenvalue weighted by Crippen LogP contribution is 2.13. The van der Waals surface area contributed by atoms with Gasteiger partial charge in [-0.1, -0.05) is 12.1 Å². The van der Waals surface area contributed by atoms with Crippen molar-refractivity contribution < 1.29 is 17.9 Å². The maximum atomic E-state index is 11.9. The smallest absolute Gasteiger partial charge is 0.315 e. The summed E-state index contributed by atoms with van der Waals surface area (Å²) in [6.07, 6.45) is 3.23.